The van der Waals surface area contributed by atoms with E-state index in [4.69, 9.17) is 10.5 Å². The molecular weight excluding hydrogens is 270 g/mol. The van der Waals surface area contributed by atoms with Gasteiger partial charge in [0, 0.05) is 12.6 Å². The smallest absolute Gasteiger partial charge is 0.325 e. The summed E-state index contributed by atoms with van der Waals surface area (Å²) in [6, 6.07) is 1.46. The number of likely N-dealkylation sites (N-methyl/N-ethyl adjacent to an activating group) is 1. The molecule has 0 aromatic heterocycles. The number of amides is 1. The van der Waals surface area contributed by atoms with Gasteiger partial charge < -0.3 is 15.4 Å². The third-order valence-electron chi connectivity index (χ3n) is 2.61. The molecule has 0 bridgehead atoms. The highest BCUT2D eigenvalue weighted by Crippen LogP contribution is 2.18. The first-order valence-electron chi connectivity index (χ1n) is 6.10. The van der Waals surface area contributed by atoms with E-state index in [0.29, 0.717) is 6.07 Å². The van der Waals surface area contributed by atoms with Crippen molar-refractivity contribution in [2.45, 2.75) is 13.8 Å². The van der Waals surface area contributed by atoms with Crippen LogP contribution in [0.1, 0.15) is 24.2 Å². The van der Waals surface area contributed by atoms with Crippen molar-refractivity contribution in [3.05, 3.63) is 29.3 Å². The summed E-state index contributed by atoms with van der Waals surface area (Å²) in [5.41, 5.74) is 4.60. The molecule has 1 rings (SSSR count). The lowest BCUT2D eigenvalue weighted by Crippen LogP contribution is -2.36. The summed E-state index contributed by atoms with van der Waals surface area (Å²) in [6.07, 6.45) is 0. The van der Waals surface area contributed by atoms with Gasteiger partial charge in [-0.25, -0.2) is 8.78 Å². The van der Waals surface area contributed by atoms with Gasteiger partial charge in [-0.05, 0) is 19.9 Å². The molecule has 0 aliphatic carbocycles. The van der Waals surface area contributed by atoms with Crippen LogP contribution in [0.2, 0.25) is 0 Å². The van der Waals surface area contributed by atoms with Gasteiger partial charge in [-0.15, -0.1) is 0 Å². The largest absolute Gasteiger partial charge is 0.465 e. The second-order valence-electron chi connectivity index (χ2n) is 3.98. The zero-order chi connectivity index (χ0) is 15.3. The molecule has 0 aliphatic rings. The lowest BCUT2D eigenvalue weighted by molar-refractivity contribution is -0.143. The van der Waals surface area contributed by atoms with Crippen molar-refractivity contribution in [2.24, 2.45) is 0 Å². The molecule has 0 saturated carbocycles. The van der Waals surface area contributed by atoms with Gasteiger partial charge in [0.25, 0.3) is 5.91 Å². The lowest BCUT2D eigenvalue weighted by Gasteiger charge is -2.20. The van der Waals surface area contributed by atoms with E-state index in [1.165, 1.54) is 0 Å². The topological polar surface area (TPSA) is 72.6 Å². The molecule has 0 radical (unpaired) electrons. The number of benzene rings is 1. The van der Waals surface area contributed by atoms with Crippen LogP contribution >= 0.6 is 0 Å². The Bertz CT molecular complexity index is 521. The molecule has 5 nitrogen and oxygen atoms in total. The number of nitrogens with two attached hydrogens (primary N) is 1. The first kappa shape index (κ1) is 15.9. The van der Waals surface area contributed by atoms with Crippen LogP contribution in [0, 0.1) is 11.6 Å². The van der Waals surface area contributed by atoms with Gasteiger partial charge in [0.2, 0.25) is 0 Å². The molecule has 0 spiro atoms. The molecule has 7 heteroatoms. The van der Waals surface area contributed by atoms with Crippen molar-refractivity contribution in [1.82, 2.24) is 4.90 Å². The Morgan fingerprint density at radius 3 is 2.45 bits per heavy atom. The van der Waals surface area contributed by atoms with E-state index in [9.17, 15) is 18.4 Å². The number of hydrogen-bond acceptors (Lipinski definition) is 4. The highest BCUT2D eigenvalue weighted by molar-refractivity contribution is 5.97. The van der Waals surface area contributed by atoms with Crippen LogP contribution in [0.5, 0.6) is 0 Å². The van der Waals surface area contributed by atoms with Crippen LogP contribution < -0.4 is 5.73 Å². The zero-order valence-electron chi connectivity index (χ0n) is 11.3. The number of carbonyl (C=O) groups excluding carboxylic acids is 2. The van der Waals surface area contributed by atoms with E-state index in [1.54, 1.807) is 13.8 Å². The minimum absolute atomic E-state index is 0.175. The minimum atomic E-state index is -1.02. The minimum Gasteiger partial charge on any atom is -0.465 e. The highest BCUT2D eigenvalue weighted by Gasteiger charge is 2.22. The summed E-state index contributed by atoms with van der Waals surface area (Å²) in [5, 5.41) is 0. The van der Waals surface area contributed by atoms with Crippen molar-refractivity contribution < 1.29 is 23.1 Å². The van der Waals surface area contributed by atoms with E-state index in [2.05, 4.69) is 0 Å². The summed E-state index contributed by atoms with van der Waals surface area (Å²) in [4.78, 5) is 24.6. The van der Waals surface area contributed by atoms with E-state index in [1.807, 2.05) is 0 Å². The van der Waals surface area contributed by atoms with Crippen molar-refractivity contribution in [1.29, 1.82) is 0 Å². The first-order chi connectivity index (χ1) is 9.40. The fraction of sp³-hybridized carbons (Fsp3) is 0.385. The standard InChI is InChI=1S/C13H16F2N2O3/c1-3-17(7-12(18)20-4-2)13(19)8-5-11(16)10(15)6-9(8)14/h5-6H,3-4,7,16H2,1-2H3. The fourth-order valence-corrected chi connectivity index (χ4v) is 1.59. The Hall–Kier alpha value is -2.18. The number of nitrogen functional groups attached to an aromatic ring is 1. The number of carbonyl (C=O) groups is 2. The second-order valence-corrected chi connectivity index (χ2v) is 3.98. The Kier molecular flexibility index (Phi) is 5.42. The molecule has 0 atom stereocenters. The van der Waals surface area contributed by atoms with Crippen molar-refractivity contribution in [2.75, 3.05) is 25.4 Å². The molecule has 0 heterocycles. The van der Waals surface area contributed by atoms with Gasteiger partial charge in [0.1, 0.15) is 18.2 Å². The predicted molar refractivity (Wildman–Crippen MR) is 69.0 cm³/mol. The van der Waals surface area contributed by atoms with E-state index < -0.39 is 23.5 Å². The number of halogens is 2. The SMILES string of the molecule is CCOC(=O)CN(CC)C(=O)c1cc(N)c(F)cc1F. The van der Waals surface area contributed by atoms with Crippen LogP contribution in [0.4, 0.5) is 14.5 Å². The second kappa shape index (κ2) is 6.83. The van der Waals surface area contributed by atoms with Crippen molar-refractivity contribution in [3.63, 3.8) is 0 Å². The number of ether oxygens (including phenoxy) is 1. The van der Waals surface area contributed by atoms with Crippen LogP contribution in [0.3, 0.4) is 0 Å². The van der Waals surface area contributed by atoms with Gasteiger partial charge >= 0.3 is 5.97 Å². The quantitative estimate of drug-likeness (QED) is 0.658. The summed E-state index contributed by atoms with van der Waals surface area (Å²) < 4.78 is 31.4. The maximum atomic E-state index is 13.6. The number of esters is 1. The number of nitrogens with zero attached hydrogens (tertiary/aromatic N) is 1. The average Bonchev–Trinajstić information content (AvgIpc) is 2.39. The third-order valence-corrected chi connectivity index (χ3v) is 2.61. The monoisotopic (exact) mass is 286 g/mol. The molecule has 0 fully saturated rings. The summed E-state index contributed by atoms with van der Waals surface area (Å²) in [6.45, 7) is 3.31. The average molecular weight is 286 g/mol. The molecule has 0 aliphatic heterocycles. The Morgan fingerprint density at radius 1 is 1.25 bits per heavy atom. The number of rotatable bonds is 5. The van der Waals surface area contributed by atoms with Crippen molar-refractivity contribution in [3.8, 4) is 0 Å². The number of anilines is 1. The molecule has 0 unspecified atom stereocenters. The molecule has 20 heavy (non-hydrogen) atoms. The van der Waals surface area contributed by atoms with Crippen LogP contribution in [-0.2, 0) is 9.53 Å². The summed E-state index contributed by atoms with van der Waals surface area (Å²) in [7, 11) is 0. The van der Waals surface area contributed by atoms with Gasteiger partial charge in [0.05, 0.1) is 17.9 Å². The maximum absolute atomic E-state index is 13.6. The van der Waals surface area contributed by atoms with Crippen LogP contribution in [0.15, 0.2) is 12.1 Å². The Balaban J connectivity index is 2.97. The highest BCUT2D eigenvalue weighted by atomic mass is 19.1. The first-order valence-corrected chi connectivity index (χ1v) is 6.10. The maximum Gasteiger partial charge on any atom is 0.325 e. The third kappa shape index (κ3) is 3.66. The molecule has 1 aromatic carbocycles. The molecule has 1 amide bonds. The van der Waals surface area contributed by atoms with Gasteiger partial charge in [-0.3, -0.25) is 9.59 Å². The Morgan fingerprint density at radius 2 is 1.90 bits per heavy atom. The summed E-state index contributed by atoms with van der Waals surface area (Å²) in [5.74, 6) is -3.31. The number of hydrogen-bond donors (Lipinski definition) is 1. The zero-order valence-corrected chi connectivity index (χ0v) is 11.3. The van der Waals surface area contributed by atoms with E-state index >= 15 is 0 Å². The molecule has 0 saturated heterocycles. The van der Waals surface area contributed by atoms with Crippen LogP contribution in [0.25, 0.3) is 0 Å². The summed E-state index contributed by atoms with van der Waals surface area (Å²) >= 11 is 0. The van der Waals surface area contributed by atoms with Gasteiger partial charge in [-0.2, -0.15) is 0 Å². The molecule has 110 valence electrons. The van der Waals surface area contributed by atoms with Crippen LogP contribution in [-0.4, -0.2) is 36.5 Å². The molecule has 1 aromatic rings. The van der Waals surface area contributed by atoms with E-state index in [-0.39, 0.29) is 30.9 Å². The van der Waals surface area contributed by atoms with Gasteiger partial charge in [0.15, 0.2) is 0 Å². The normalized spacial score (nSPS) is 10.2. The Labute approximate surface area is 115 Å². The fourth-order valence-electron chi connectivity index (χ4n) is 1.59. The molecular formula is C13H16F2N2O3. The van der Waals surface area contributed by atoms with E-state index in [0.717, 1.165) is 11.0 Å². The van der Waals surface area contributed by atoms with Gasteiger partial charge in [-0.1, -0.05) is 0 Å². The predicted octanol–water partition coefficient (Wildman–Crippen LogP) is 1.57. The molecule has 2 N–H and O–H groups in total. The van der Waals surface area contributed by atoms with Crippen molar-refractivity contribution >= 4 is 17.6 Å². The lowest BCUT2D eigenvalue weighted by atomic mass is 10.1.